The maximum atomic E-state index is 11.2. The maximum Gasteiger partial charge on any atom is 0.533 e. The van der Waals surface area contributed by atoms with Gasteiger partial charge in [-0.1, -0.05) is 40.5 Å². The zero-order valence-corrected chi connectivity index (χ0v) is 15.7. The molecule has 1 N–H and O–H groups in total. The highest BCUT2D eigenvalue weighted by molar-refractivity contribution is 14.1. The Morgan fingerprint density at radius 2 is 1.81 bits per heavy atom. The predicted molar refractivity (Wildman–Crippen MR) is 91.8 cm³/mol. The number of ether oxygens (including phenoxy) is 1. The minimum absolute atomic E-state index is 0.0729. The molecule has 0 aliphatic carbocycles. The Hall–Kier alpha value is -0.200. The average molecular weight is 450 g/mol. The first-order valence-corrected chi connectivity index (χ1v) is 10.00. The van der Waals surface area contributed by atoms with E-state index in [-0.39, 0.29) is 19.4 Å². The molecule has 0 radical (unpaired) electrons. The quantitative estimate of drug-likeness (QED) is 0.151. The molecule has 0 bridgehead atoms. The van der Waals surface area contributed by atoms with Crippen LogP contribution in [-0.2, 0) is 19.2 Å². The van der Waals surface area contributed by atoms with Gasteiger partial charge in [-0.3, -0.25) is 18.0 Å². The van der Waals surface area contributed by atoms with Gasteiger partial charge in [0.2, 0.25) is 0 Å². The molecule has 0 saturated carbocycles. The molecule has 1 fully saturated rings. The van der Waals surface area contributed by atoms with Crippen LogP contribution in [0.25, 0.3) is 0 Å². The summed E-state index contributed by atoms with van der Waals surface area (Å²) in [5.74, 6) is 0.536. The molecule has 1 saturated heterocycles. The largest absolute Gasteiger partial charge is 0.533 e. The number of hydrogen-bond acceptors (Lipinski definition) is 8. The third-order valence-electron chi connectivity index (χ3n) is 1.92. The molecule has 0 aromatic carbocycles. The maximum absolute atomic E-state index is 11.2. The van der Waals surface area contributed by atoms with Crippen molar-refractivity contribution in [1.29, 1.82) is 0 Å². The first kappa shape index (κ1) is 20.8. The molecule has 21 heavy (non-hydrogen) atoms. The van der Waals surface area contributed by atoms with Gasteiger partial charge in [-0.15, -0.1) is 0 Å². The number of halogens is 1. The third kappa shape index (κ3) is 9.42. The molecule has 0 unspecified atom stereocenters. The second-order valence-electron chi connectivity index (χ2n) is 3.30. The van der Waals surface area contributed by atoms with E-state index >= 15 is 0 Å². The average Bonchev–Trinajstić information content (AvgIpc) is 2.80. The number of hydrogen-bond donors (Lipinski definition) is 1. The van der Waals surface area contributed by atoms with E-state index in [1.54, 1.807) is 21.6 Å². The summed E-state index contributed by atoms with van der Waals surface area (Å²) >= 11 is 2.07. The summed E-state index contributed by atoms with van der Waals surface area (Å²) in [6, 6.07) is 0. The number of rotatable bonds is 8. The number of hydroxylamine groups is 2. The number of nitrogens with zero attached hydrogens (tertiary/aromatic N) is 1. The zero-order valence-electron chi connectivity index (χ0n) is 11.9. The Morgan fingerprint density at radius 3 is 2.38 bits per heavy atom. The molecule has 1 aliphatic heterocycles. The summed E-state index contributed by atoms with van der Waals surface area (Å²) in [5, 5.41) is 0.469. The van der Waals surface area contributed by atoms with Crippen molar-refractivity contribution < 1.29 is 24.0 Å². The lowest BCUT2D eigenvalue weighted by Gasteiger charge is -2.12. The van der Waals surface area contributed by atoms with Crippen molar-refractivity contribution in [2.75, 3.05) is 24.7 Å². The topological polar surface area (TPSA) is 84.9 Å². The third-order valence-corrected chi connectivity index (χ3v) is 4.83. The summed E-state index contributed by atoms with van der Waals surface area (Å²) in [4.78, 5) is 38.0. The molecule has 7 nitrogen and oxygen atoms in total. The minimum Gasteiger partial charge on any atom is -0.432 e. The molecule has 1 heterocycles. The first-order valence-electron chi connectivity index (χ1n) is 6.43. The normalized spacial score (nSPS) is 13.8. The van der Waals surface area contributed by atoms with Gasteiger partial charge in [0.1, 0.15) is 6.61 Å². The van der Waals surface area contributed by atoms with E-state index in [1.165, 1.54) is 0 Å². The summed E-state index contributed by atoms with van der Waals surface area (Å²) in [6.07, 6.45) is -0.879. The second-order valence-corrected chi connectivity index (χ2v) is 6.76. The molecule has 0 aromatic heterocycles. The van der Waals surface area contributed by atoms with Gasteiger partial charge >= 0.3 is 6.16 Å². The molecule has 10 heteroatoms. The molecular formula is C11H19IN2O5S2. The van der Waals surface area contributed by atoms with Gasteiger partial charge in [-0.2, -0.15) is 0 Å². The Labute approximate surface area is 146 Å². The van der Waals surface area contributed by atoms with Crippen molar-refractivity contribution in [3.8, 4) is 0 Å². The first-order chi connectivity index (χ1) is 10.1. The Kier molecular flexibility index (Phi) is 13.3. The molecule has 0 aromatic rings. The van der Waals surface area contributed by atoms with Crippen LogP contribution in [0.3, 0.4) is 0 Å². The van der Waals surface area contributed by atoms with E-state index in [9.17, 15) is 14.4 Å². The van der Waals surface area contributed by atoms with Gasteiger partial charge in [0.15, 0.2) is 0 Å². The zero-order chi connectivity index (χ0) is 16.1. The van der Waals surface area contributed by atoms with Gasteiger partial charge in [0, 0.05) is 53.8 Å². The lowest BCUT2D eigenvalue weighted by molar-refractivity contribution is -0.176. The number of carbonyl (C=O) groups excluding carboxylic acids is 3. The monoisotopic (exact) mass is 450 g/mol. The highest BCUT2D eigenvalue weighted by atomic mass is 127. The van der Waals surface area contributed by atoms with Crippen LogP contribution in [0, 0.1) is 0 Å². The summed E-state index contributed by atoms with van der Waals surface area (Å²) in [5.41, 5.74) is 0. The lowest BCUT2D eigenvalue weighted by Crippen LogP contribution is -2.32. The van der Waals surface area contributed by atoms with Crippen LogP contribution in [0.1, 0.15) is 26.7 Å². The van der Waals surface area contributed by atoms with Crippen LogP contribution in [0.4, 0.5) is 4.79 Å². The van der Waals surface area contributed by atoms with E-state index in [1.807, 2.05) is 13.8 Å². The van der Waals surface area contributed by atoms with Crippen molar-refractivity contribution in [2.45, 2.75) is 26.7 Å². The summed E-state index contributed by atoms with van der Waals surface area (Å²) in [6.45, 7) is 5.07. The van der Waals surface area contributed by atoms with Crippen LogP contribution in [0.2, 0.25) is 0 Å². The minimum atomic E-state index is -1.02. The summed E-state index contributed by atoms with van der Waals surface area (Å²) < 4.78 is 7.74. The number of amides is 2. The fourth-order valence-electron chi connectivity index (χ4n) is 1.12. The molecule has 1 aliphatic rings. The highest BCUT2D eigenvalue weighted by Crippen LogP contribution is 2.20. The van der Waals surface area contributed by atoms with Crippen LogP contribution < -0.4 is 3.53 Å². The standard InChI is InChI=1S/C9H13IN2O5S2.C2H6/c10-11-3-5-18-19-6-4-16-9(15)17-12-7(13)1-2-8(12)14;1-2/h11H,1-6H2;1-2H3. The highest BCUT2D eigenvalue weighted by Gasteiger charge is 2.33. The Balaban J connectivity index is 0.00000191. The van der Waals surface area contributed by atoms with Gasteiger partial charge < -0.3 is 4.74 Å². The Morgan fingerprint density at radius 1 is 1.24 bits per heavy atom. The van der Waals surface area contributed by atoms with Crippen LogP contribution in [0.5, 0.6) is 0 Å². The van der Waals surface area contributed by atoms with Crippen LogP contribution >= 0.6 is 44.5 Å². The van der Waals surface area contributed by atoms with Crippen LogP contribution in [0.15, 0.2) is 0 Å². The SMILES string of the molecule is CC.O=C(OCCSSCCNI)ON1C(=O)CCC1=O. The van der Waals surface area contributed by atoms with Gasteiger partial charge in [-0.05, 0) is 0 Å². The van der Waals surface area contributed by atoms with E-state index < -0.39 is 18.0 Å². The van der Waals surface area contributed by atoms with Crippen molar-refractivity contribution in [3.63, 3.8) is 0 Å². The second kappa shape index (κ2) is 13.5. The molecule has 1 rings (SSSR count). The van der Waals surface area contributed by atoms with E-state index in [4.69, 9.17) is 4.74 Å². The van der Waals surface area contributed by atoms with Crippen molar-refractivity contribution in [3.05, 3.63) is 0 Å². The number of imide groups is 1. The van der Waals surface area contributed by atoms with Gasteiger partial charge in [0.25, 0.3) is 11.8 Å². The lowest BCUT2D eigenvalue weighted by atomic mass is 10.4. The van der Waals surface area contributed by atoms with E-state index in [0.717, 1.165) is 12.3 Å². The molecule has 0 spiro atoms. The number of nitrogens with one attached hydrogen (secondary N) is 1. The smallest absolute Gasteiger partial charge is 0.432 e. The van der Waals surface area contributed by atoms with Crippen molar-refractivity contribution >= 4 is 62.4 Å². The van der Waals surface area contributed by atoms with Gasteiger partial charge in [0.05, 0.1) is 0 Å². The van der Waals surface area contributed by atoms with Gasteiger partial charge in [-0.25, -0.2) is 4.79 Å². The molecule has 122 valence electrons. The van der Waals surface area contributed by atoms with Crippen molar-refractivity contribution in [1.82, 2.24) is 8.59 Å². The summed E-state index contributed by atoms with van der Waals surface area (Å²) in [7, 11) is 3.23. The Bertz CT molecular complexity index is 331. The number of carbonyl (C=O) groups is 3. The molecule has 0 atom stereocenters. The van der Waals surface area contributed by atoms with E-state index in [2.05, 4.69) is 31.2 Å². The predicted octanol–water partition coefficient (Wildman–Crippen LogP) is 2.55. The molecule has 2 amide bonds. The fourth-order valence-corrected chi connectivity index (χ4v) is 3.49. The van der Waals surface area contributed by atoms with E-state index in [0.29, 0.717) is 10.8 Å². The van der Waals surface area contributed by atoms with Crippen LogP contribution in [-0.4, -0.2) is 47.7 Å². The fraction of sp³-hybridized carbons (Fsp3) is 0.727. The van der Waals surface area contributed by atoms with Crippen molar-refractivity contribution in [2.24, 2.45) is 0 Å². The molecular weight excluding hydrogens is 431 g/mol.